The second-order valence-corrected chi connectivity index (χ2v) is 5.76. The molecule has 0 bridgehead atoms. The summed E-state index contributed by atoms with van der Waals surface area (Å²) in [7, 11) is 0. The molecular formula is C11H10N4OS2. The molecule has 0 amide bonds. The highest BCUT2D eigenvalue weighted by atomic mass is 32.1. The Balaban J connectivity index is 1.84. The Hall–Kier alpha value is -1.73. The van der Waals surface area contributed by atoms with Crippen molar-refractivity contribution < 1.29 is 4.52 Å². The molecule has 0 aliphatic heterocycles. The van der Waals surface area contributed by atoms with Gasteiger partial charge in [0.2, 0.25) is 0 Å². The Kier molecular flexibility index (Phi) is 2.85. The van der Waals surface area contributed by atoms with Crippen LogP contribution in [0, 0.1) is 6.92 Å². The van der Waals surface area contributed by atoms with Gasteiger partial charge in [-0.3, -0.25) is 0 Å². The summed E-state index contributed by atoms with van der Waals surface area (Å²) >= 11 is 3.07. The predicted molar refractivity (Wildman–Crippen MR) is 71.7 cm³/mol. The van der Waals surface area contributed by atoms with Crippen molar-refractivity contribution in [1.29, 1.82) is 0 Å². The van der Waals surface area contributed by atoms with Gasteiger partial charge in [-0.25, -0.2) is 4.98 Å². The van der Waals surface area contributed by atoms with Crippen LogP contribution in [-0.4, -0.2) is 15.1 Å². The molecular weight excluding hydrogens is 268 g/mol. The fraction of sp³-hybridized carbons (Fsp3) is 0.182. The quantitative estimate of drug-likeness (QED) is 0.797. The van der Waals surface area contributed by atoms with Crippen LogP contribution in [0.3, 0.4) is 0 Å². The first-order valence-corrected chi connectivity index (χ1v) is 7.05. The molecule has 0 atom stereocenters. The number of nitrogens with zero attached hydrogens (tertiary/aromatic N) is 3. The van der Waals surface area contributed by atoms with Gasteiger partial charge in [-0.05, 0) is 18.4 Å². The Bertz CT molecular complexity index is 670. The van der Waals surface area contributed by atoms with Gasteiger partial charge in [0.25, 0.3) is 5.89 Å². The van der Waals surface area contributed by atoms with Crippen LogP contribution in [0.2, 0.25) is 0 Å². The van der Waals surface area contributed by atoms with E-state index in [1.54, 1.807) is 11.3 Å². The van der Waals surface area contributed by atoms with Crippen LogP contribution >= 0.6 is 22.7 Å². The minimum Gasteiger partial charge on any atom is -0.390 e. The van der Waals surface area contributed by atoms with Crippen molar-refractivity contribution in [1.82, 2.24) is 15.1 Å². The monoisotopic (exact) mass is 278 g/mol. The average Bonchev–Trinajstić information content (AvgIpc) is 3.02. The van der Waals surface area contributed by atoms with E-state index in [2.05, 4.69) is 15.1 Å². The van der Waals surface area contributed by atoms with Crippen LogP contribution in [0.25, 0.3) is 11.5 Å². The fourth-order valence-electron chi connectivity index (χ4n) is 1.58. The highest BCUT2D eigenvalue weighted by molar-refractivity contribution is 7.14. The molecule has 92 valence electrons. The molecule has 0 spiro atoms. The zero-order valence-corrected chi connectivity index (χ0v) is 11.2. The molecule has 7 heteroatoms. The lowest BCUT2D eigenvalue weighted by Crippen LogP contribution is -1.91. The molecule has 0 unspecified atom stereocenters. The summed E-state index contributed by atoms with van der Waals surface area (Å²) in [4.78, 5) is 8.70. The summed E-state index contributed by atoms with van der Waals surface area (Å²) in [6, 6.07) is 1.88. The first-order valence-electron chi connectivity index (χ1n) is 5.29. The van der Waals surface area contributed by atoms with Crippen molar-refractivity contribution in [3.05, 3.63) is 33.4 Å². The Morgan fingerprint density at radius 3 is 2.89 bits per heavy atom. The zero-order valence-electron chi connectivity index (χ0n) is 9.58. The number of aromatic nitrogens is 3. The van der Waals surface area contributed by atoms with Crippen molar-refractivity contribution in [2.75, 3.05) is 5.73 Å². The highest BCUT2D eigenvalue weighted by Gasteiger charge is 2.13. The van der Waals surface area contributed by atoms with E-state index in [0.717, 1.165) is 16.3 Å². The molecule has 3 heterocycles. The maximum Gasteiger partial charge on any atom is 0.260 e. The second kappa shape index (κ2) is 4.51. The number of anilines is 1. The lowest BCUT2D eigenvalue weighted by molar-refractivity contribution is 0.424. The van der Waals surface area contributed by atoms with Crippen molar-refractivity contribution >= 4 is 27.7 Å². The van der Waals surface area contributed by atoms with Crippen molar-refractivity contribution in [3.63, 3.8) is 0 Å². The van der Waals surface area contributed by atoms with Gasteiger partial charge in [0, 0.05) is 5.38 Å². The van der Waals surface area contributed by atoms with Crippen LogP contribution in [0.5, 0.6) is 0 Å². The van der Waals surface area contributed by atoms with Gasteiger partial charge >= 0.3 is 0 Å². The first-order chi connectivity index (χ1) is 8.72. The molecule has 3 aromatic rings. The largest absolute Gasteiger partial charge is 0.390 e. The van der Waals surface area contributed by atoms with E-state index in [1.807, 2.05) is 23.8 Å². The smallest absolute Gasteiger partial charge is 0.260 e. The number of hydrogen-bond donors (Lipinski definition) is 1. The summed E-state index contributed by atoms with van der Waals surface area (Å²) in [5, 5.41) is 9.58. The molecule has 0 aromatic carbocycles. The van der Waals surface area contributed by atoms with E-state index >= 15 is 0 Å². The van der Waals surface area contributed by atoms with Crippen LogP contribution in [-0.2, 0) is 6.42 Å². The van der Waals surface area contributed by atoms with Crippen LogP contribution in [0.15, 0.2) is 21.3 Å². The Morgan fingerprint density at radius 2 is 2.22 bits per heavy atom. The number of nitrogen functional groups attached to an aromatic ring is 1. The lowest BCUT2D eigenvalue weighted by Gasteiger charge is -1.89. The van der Waals surface area contributed by atoms with Crippen molar-refractivity contribution in [2.24, 2.45) is 0 Å². The molecule has 3 aromatic heterocycles. The fourth-order valence-corrected chi connectivity index (χ4v) is 2.83. The number of rotatable bonds is 3. The molecule has 18 heavy (non-hydrogen) atoms. The van der Waals surface area contributed by atoms with Gasteiger partial charge in [-0.2, -0.15) is 4.98 Å². The SMILES string of the molecule is Cc1nc(Cc2noc(-c3ccsc3N)n2)cs1. The van der Waals surface area contributed by atoms with E-state index in [-0.39, 0.29) is 0 Å². The summed E-state index contributed by atoms with van der Waals surface area (Å²) in [6.07, 6.45) is 0.581. The summed E-state index contributed by atoms with van der Waals surface area (Å²) in [5.74, 6) is 1.09. The topological polar surface area (TPSA) is 77.8 Å². The average molecular weight is 278 g/mol. The van der Waals surface area contributed by atoms with E-state index in [9.17, 15) is 0 Å². The standard InChI is InChI=1S/C11H10N4OS2/c1-6-13-7(5-18-6)4-9-14-11(16-15-9)8-2-3-17-10(8)12/h2-3,5H,4,12H2,1H3. The maximum absolute atomic E-state index is 5.82. The summed E-state index contributed by atoms with van der Waals surface area (Å²) in [5.41, 5.74) is 7.58. The van der Waals surface area contributed by atoms with E-state index < -0.39 is 0 Å². The highest BCUT2D eigenvalue weighted by Crippen LogP contribution is 2.29. The van der Waals surface area contributed by atoms with Gasteiger partial charge in [-0.15, -0.1) is 22.7 Å². The van der Waals surface area contributed by atoms with Crippen LogP contribution in [0.4, 0.5) is 5.00 Å². The van der Waals surface area contributed by atoms with Crippen molar-refractivity contribution in [3.8, 4) is 11.5 Å². The molecule has 5 nitrogen and oxygen atoms in total. The molecule has 0 saturated heterocycles. The number of aryl methyl sites for hydroxylation is 1. The minimum atomic E-state index is 0.468. The molecule has 0 aliphatic rings. The third-order valence-electron chi connectivity index (χ3n) is 2.40. The number of hydrogen-bond acceptors (Lipinski definition) is 7. The number of nitrogens with two attached hydrogens (primary N) is 1. The molecule has 0 radical (unpaired) electrons. The normalized spacial score (nSPS) is 10.9. The van der Waals surface area contributed by atoms with Gasteiger partial charge < -0.3 is 10.3 Å². The third kappa shape index (κ3) is 2.14. The summed E-state index contributed by atoms with van der Waals surface area (Å²) < 4.78 is 5.21. The van der Waals surface area contributed by atoms with Gasteiger partial charge in [0.15, 0.2) is 5.82 Å². The Labute approximate surface area is 111 Å². The van der Waals surface area contributed by atoms with E-state index in [1.165, 1.54) is 11.3 Å². The van der Waals surface area contributed by atoms with E-state index in [4.69, 9.17) is 10.3 Å². The predicted octanol–water partition coefficient (Wildman–Crippen LogP) is 2.74. The second-order valence-electron chi connectivity index (χ2n) is 3.75. The Morgan fingerprint density at radius 1 is 1.33 bits per heavy atom. The van der Waals surface area contributed by atoms with Crippen LogP contribution < -0.4 is 5.73 Å². The molecule has 0 saturated carbocycles. The minimum absolute atomic E-state index is 0.468. The molecule has 2 N–H and O–H groups in total. The number of thiophene rings is 1. The van der Waals surface area contributed by atoms with E-state index in [0.29, 0.717) is 23.1 Å². The van der Waals surface area contributed by atoms with Crippen molar-refractivity contribution in [2.45, 2.75) is 13.3 Å². The first kappa shape index (κ1) is 11.4. The molecule has 3 rings (SSSR count). The molecule has 0 aliphatic carbocycles. The summed E-state index contributed by atoms with van der Waals surface area (Å²) in [6.45, 7) is 1.97. The maximum atomic E-state index is 5.82. The van der Waals surface area contributed by atoms with Crippen LogP contribution in [0.1, 0.15) is 16.5 Å². The van der Waals surface area contributed by atoms with Gasteiger partial charge in [0.1, 0.15) is 0 Å². The zero-order chi connectivity index (χ0) is 12.5. The number of thiazole rings is 1. The van der Waals surface area contributed by atoms with Gasteiger partial charge in [-0.1, -0.05) is 5.16 Å². The third-order valence-corrected chi connectivity index (χ3v) is 3.97. The molecule has 0 fully saturated rings. The lowest BCUT2D eigenvalue weighted by atomic mass is 10.3. The van der Waals surface area contributed by atoms with Gasteiger partial charge in [0.05, 0.1) is 27.7 Å².